The average molecular weight is 262 g/mol. The molecule has 7 heteroatoms. The van der Waals surface area contributed by atoms with Crippen LogP contribution < -0.4 is 15.8 Å². The number of anilines is 2. The highest BCUT2D eigenvalue weighted by Gasteiger charge is 2.12. The molecule has 0 saturated carbocycles. The number of carbonyl (C=O) groups is 1. The molecule has 2 aromatic rings. The average Bonchev–Trinajstić information content (AvgIpc) is 2.74. The van der Waals surface area contributed by atoms with Gasteiger partial charge in [0.05, 0.1) is 6.61 Å². The molecule has 1 amide bonds. The van der Waals surface area contributed by atoms with Crippen LogP contribution in [0.25, 0.3) is 0 Å². The van der Waals surface area contributed by atoms with Crippen molar-refractivity contribution in [2.75, 3.05) is 17.7 Å². The van der Waals surface area contributed by atoms with Gasteiger partial charge in [-0.2, -0.15) is 0 Å². The highest BCUT2D eigenvalue weighted by molar-refractivity contribution is 6.03. The zero-order valence-electron chi connectivity index (χ0n) is 10.6. The maximum absolute atomic E-state index is 12.0. The van der Waals surface area contributed by atoms with Crippen molar-refractivity contribution in [3.63, 3.8) is 0 Å². The Labute approximate surface area is 109 Å². The van der Waals surface area contributed by atoms with Gasteiger partial charge < -0.3 is 14.9 Å². The second-order valence-electron chi connectivity index (χ2n) is 3.80. The second-order valence-corrected chi connectivity index (χ2v) is 3.80. The van der Waals surface area contributed by atoms with E-state index in [2.05, 4.69) is 15.5 Å². The molecule has 3 N–H and O–H groups in total. The zero-order valence-corrected chi connectivity index (χ0v) is 10.6. The highest BCUT2D eigenvalue weighted by Crippen LogP contribution is 2.19. The van der Waals surface area contributed by atoms with Gasteiger partial charge in [0, 0.05) is 24.2 Å². The molecule has 7 nitrogen and oxygen atoms in total. The molecule has 0 bridgehead atoms. The Morgan fingerprint density at radius 3 is 2.84 bits per heavy atom. The summed E-state index contributed by atoms with van der Waals surface area (Å²) in [5.41, 5.74) is 6.52. The van der Waals surface area contributed by atoms with Gasteiger partial charge in [-0.15, -0.1) is 5.10 Å². The van der Waals surface area contributed by atoms with Gasteiger partial charge in [-0.25, -0.2) is 0 Å². The van der Waals surface area contributed by atoms with E-state index < -0.39 is 5.91 Å². The van der Waals surface area contributed by atoms with E-state index in [9.17, 15) is 4.79 Å². The van der Waals surface area contributed by atoms with Crippen molar-refractivity contribution < 1.29 is 13.9 Å². The molecule has 0 spiro atoms. The van der Waals surface area contributed by atoms with Crippen LogP contribution >= 0.6 is 0 Å². The number of nitrogens with two attached hydrogens (primary N) is 1. The van der Waals surface area contributed by atoms with E-state index in [1.54, 1.807) is 25.1 Å². The molecule has 19 heavy (non-hydrogen) atoms. The summed E-state index contributed by atoms with van der Waals surface area (Å²) in [5, 5.41) is 9.78. The molecule has 0 aliphatic rings. The number of carbonyl (C=O) groups excluding carboxylic acids is 1. The predicted molar refractivity (Wildman–Crippen MR) is 69.0 cm³/mol. The van der Waals surface area contributed by atoms with Crippen LogP contribution in [0.3, 0.4) is 0 Å². The number of benzene rings is 1. The first-order valence-electron chi connectivity index (χ1n) is 5.73. The predicted octanol–water partition coefficient (Wildman–Crippen LogP) is 1.61. The third-order valence-corrected chi connectivity index (χ3v) is 2.25. The molecule has 1 aromatic carbocycles. The monoisotopic (exact) mass is 262 g/mol. The van der Waals surface area contributed by atoms with Crippen LogP contribution in [-0.2, 0) is 0 Å². The van der Waals surface area contributed by atoms with Crippen LogP contribution in [0.5, 0.6) is 5.75 Å². The number of nitrogen functional groups attached to an aromatic ring is 1. The minimum absolute atomic E-state index is 0.0443. The fourth-order valence-corrected chi connectivity index (χ4v) is 1.52. The molecular formula is C12H14N4O3. The number of amides is 1. The van der Waals surface area contributed by atoms with Gasteiger partial charge >= 0.3 is 6.01 Å². The fraction of sp³-hybridized carbons (Fsp3) is 0.250. The summed E-state index contributed by atoms with van der Waals surface area (Å²) in [5.74, 6) is 0.518. The third-order valence-electron chi connectivity index (χ3n) is 2.25. The first-order chi connectivity index (χ1) is 9.08. The lowest BCUT2D eigenvalue weighted by Gasteiger charge is -2.07. The van der Waals surface area contributed by atoms with Crippen molar-refractivity contribution in [2.45, 2.75) is 13.8 Å². The number of hydrogen-bond acceptors (Lipinski definition) is 6. The van der Waals surface area contributed by atoms with Crippen molar-refractivity contribution in [1.82, 2.24) is 10.2 Å². The molecule has 0 aliphatic carbocycles. The van der Waals surface area contributed by atoms with Gasteiger partial charge in [0.25, 0.3) is 5.91 Å². The summed E-state index contributed by atoms with van der Waals surface area (Å²) in [6.45, 7) is 3.98. The smallest absolute Gasteiger partial charge is 0.322 e. The number of aryl methyl sites for hydroxylation is 1. The van der Waals surface area contributed by atoms with Crippen LogP contribution in [0, 0.1) is 6.92 Å². The summed E-state index contributed by atoms with van der Waals surface area (Å²) in [7, 11) is 0. The van der Waals surface area contributed by atoms with E-state index in [0.29, 0.717) is 29.5 Å². The van der Waals surface area contributed by atoms with E-state index in [1.807, 2.05) is 6.92 Å². The molecule has 0 unspecified atom stereocenters. The van der Waals surface area contributed by atoms with E-state index in [0.717, 1.165) is 0 Å². The van der Waals surface area contributed by atoms with Crippen LogP contribution in [0.1, 0.15) is 23.2 Å². The second kappa shape index (κ2) is 5.38. The minimum Gasteiger partial charge on any atom is -0.494 e. The SMILES string of the molecule is CCOc1cc(N)cc(C(=O)Nc2nnc(C)o2)c1. The van der Waals surface area contributed by atoms with E-state index in [1.165, 1.54) is 0 Å². The minimum atomic E-state index is -0.392. The zero-order chi connectivity index (χ0) is 13.8. The van der Waals surface area contributed by atoms with Crippen molar-refractivity contribution in [3.8, 4) is 5.75 Å². The van der Waals surface area contributed by atoms with Gasteiger partial charge in [0.15, 0.2) is 0 Å². The van der Waals surface area contributed by atoms with Crippen LogP contribution in [-0.4, -0.2) is 22.7 Å². The molecule has 2 rings (SSSR count). The summed E-state index contributed by atoms with van der Waals surface area (Å²) in [6, 6.07) is 4.83. The largest absolute Gasteiger partial charge is 0.494 e. The van der Waals surface area contributed by atoms with Gasteiger partial charge in [0.1, 0.15) is 5.75 Å². The standard InChI is InChI=1S/C12H14N4O3/c1-3-18-10-5-8(4-9(13)6-10)11(17)14-12-16-15-7(2)19-12/h4-6H,3,13H2,1-2H3,(H,14,16,17). The maximum Gasteiger partial charge on any atom is 0.322 e. The van der Waals surface area contributed by atoms with Crippen molar-refractivity contribution in [2.24, 2.45) is 0 Å². The van der Waals surface area contributed by atoms with Gasteiger partial charge in [-0.1, -0.05) is 5.10 Å². The Kier molecular flexibility index (Phi) is 3.65. The number of rotatable bonds is 4. The third kappa shape index (κ3) is 3.21. The first kappa shape index (κ1) is 12.9. The van der Waals surface area contributed by atoms with E-state index >= 15 is 0 Å². The van der Waals surface area contributed by atoms with E-state index in [4.69, 9.17) is 14.9 Å². The summed E-state index contributed by atoms with van der Waals surface area (Å²) < 4.78 is 10.4. The first-order valence-corrected chi connectivity index (χ1v) is 5.73. The van der Waals surface area contributed by atoms with Crippen LogP contribution in [0.4, 0.5) is 11.7 Å². The molecule has 0 radical (unpaired) electrons. The molecule has 0 fully saturated rings. The van der Waals surface area contributed by atoms with Gasteiger partial charge in [0.2, 0.25) is 5.89 Å². The molecular weight excluding hydrogens is 248 g/mol. The Bertz CT molecular complexity index is 594. The van der Waals surface area contributed by atoms with Crippen molar-refractivity contribution in [1.29, 1.82) is 0 Å². The lowest BCUT2D eigenvalue weighted by Crippen LogP contribution is -2.13. The molecule has 0 saturated heterocycles. The van der Waals surface area contributed by atoms with Crippen molar-refractivity contribution >= 4 is 17.6 Å². The van der Waals surface area contributed by atoms with Crippen molar-refractivity contribution in [3.05, 3.63) is 29.7 Å². The summed E-state index contributed by atoms with van der Waals surface area (Å²) in [4.78, 5) is 12.0. The number of ether oxygens (including phenoxy) is 1. The lowest BCUT2D eigenvalue weighted by atomic mass is 10.2. The topological polar surface area (TPSA) is 103 Å². The summed E-state index contributed by atoms with van der Waals surface area (Å²) in [6.07, 6.45) is 0. The molecule has 0 atom stereocenters. The maximum atomic E-state index is 12.0. The number of nitrogens with one attached hydrogen (secondary N) is 1. The molecule has 1 aromatic heterocycles. The Balaban J connectivity index is 2.18. The molecule has 1 heterocycles. The van der Waals surface area contributed by atoms with Gasteiger partial charge in [-0.3, -0.25) is 10.1 Å². The van der Waals surface area contributed by atoms with E-state index in [-0.39, 0.29) is 6.01 Å². The Morgan fingerprint density at radius 1 is 1.42 bits per heavy atom. The van der Waals surface area contributed by atoms with Crippen LogP contribution in [0.2, 0.25) is 0 Å². The fourth-order valence-electron chi connectivity index (χ4n) is 1.52. The number of hydrogen-bond donors (Lipinski definition) is 2. The van der Waals surface area contributed by atoms with Crippen LogP contribution in [0.15, 0.2) is 22.6 Å². The normalized spacial score (nSPS) is 10.2. The molecule has 100 valence electrons. The molecule has 0 aliphatic heterocycles. The Morgan fingerprint density at radius 2 is 2.21 bits per heavy atom. The highest BCUT2D eigenvalue weighted by atomic mass is 16.5. The van der Waals surface area contributed by atoms with Gasteiger partial charge in [-0.05, 0) is 19.1 Å². The summed E-state index contributed by atoms with van der Waals surface area (Å²) >= 11 is 0. The quantitative estimate of drug-likeness (QED) is 0.811. The number of aromatic nitrogens is 2. The Hall–Kier alpha value is -2.57. The number of nitrogens with zero attached hydrogens (tertiary/aromatic N) is 2. The lowest BCUT2D eigenvalue weighted by molar-refractivity contribution is 0.102.